The van der Waals surface area contributed by atoms with E-state index in [0.717, 1.165) is 0 Å². The molecule has 14 heavy (non-hydrogen) atoms. The van der Waals surface area contributed by atoms with Crippen molar-refractivity contribution in [2.45, 2.75) is 0 Å². The molecule has 0 spiro atoms. The number of rotatable bonds is 2. The van der Waals surface area contributed by atoms with Gasteiger partial charge in [0.25, 0.3) is 0 Å². The van der Waals surface area contributed by atoms with Gasteiger partial charge in [0.15, 0.2) is 0 Å². The molecular weight excluding hydrogens is 221 g/mol. The minimum Gasteiger partial charge on any atom is -0.495 e. The van der Waals surface area contributed by atoms with Gasteiger partial charge in [0.1, 0.15) is 10.8 Å². The first-order valence-corrected chi connectivity index (χ1v) is 4.48. The second-order valence-corrected chi connectivity index (χ2v) is 3.29. The van der Waals surface area contributed by atoms with Gasteiger partial charge in [-0.1, -0.05) is 29.8 Å². The zero-order valence-electron chi connectivity index (χ0n) is 7.47. The molecule has 0 saturated carbocycles. The summed E-state index contributed by atoms with van der Waals surface area (Å²) in [5.41, 5.74) is 0.805. The fourth-order valence-corrected chi connectivity index (χ4v) is 1.49. The van der Waals surface area contributed by atoms with Crippen LogP contribution in [0.4, 0.5) is 0 Å². The monoisotopic (exact) mass is 227 g/mol. The van der Waals surface area contributed by atoms with Crippen LogP contribution in [-0.2, 0) is 0 Å². The molecule has 0 aromatic heterocycles. The molecule has 72 valence electrons. The summed E-state index contributed by atoms with van der Waals surface area (Å²) in [7, 11) is 1.50. The Bertz CT molecular complexity index is 421. The molecule has 0 fully saturated rings. The molecule has 0 N–H and O–H groups in total. The fraction of sp³-hybridized carbons (Fsp3) is 0.100. The van der Waals surface area contributed by atoms with Gasteiger partial charge in [-0.25, -0.2) is 0 Å². The maximum atomic E-state index is 8.65. The molecule has 1 aromatic rings. The summed E-state index contributed by atoms with van der Waals surface area (Å²) in [4.78, 5) is 0. The summed E-state index contributed by atoms with van der Waals surface area (Å²) in [6.45, 7) is 3.56. The number of methoxy groups -OCH3 is 1. The average molecular weight is 228 g/mol. The lowest BCUT2D eigenvalue weighted by Crippen LogP contribution is -1.88. The predicted octanol–water partition coefficient (Wildman–Crippen LogP) is 3.54. The largest absolute Gasteiger partial charge is 0.495 e. The van der Waals surface area contributed by atoms with Crippen LogP contribution in [0.5, 0.6) is 5.75 Å². The van der Waals surface area contributed by atoms with Crippen LogP contribution in [0.3, 0.4) is 0 Å². The van der Waals surface area contributed by atoms with Gasteiger partial charge in [-0.2, -0.15) is 5.26 Å². The molecule has 0 bridgehead atoms. The molecule has 2 nitrogen and oxygen atoms in total. The molecule has 0 aliphatic carbocycles. The maximum Gasteiger partial charge on any atom is 0.139 e. The number of nitriles is 1. The molecule has 0 atom stereocenters. The van der Waals surface area contributed by atoms with Crippen molar-refractivity contribution in [1.82, 2.24) is 0 Å². The van der Waals surface area contributed by atoms with Gasteiger partial charge in [0, 0.05) is 5.56 Å². The lowest BCUT2D eigenvalue weighted by molar-refractivity contribution is 0.415. The molecule has 0 radical (unpaired) electrons. The third-order valence-corrected chi connectivity index (χ3v) is 2.59. The van der Waals surface area contributed by atoms with Gasteiger partial charge < -0.3 is 4.74 Å². The molecule has 0 unspecified atom stereocenters. The van der Waals surface area contributed by atoms with Crippen molar-refractivity contribution in [3.8, 4) is 11.8 Å². The minimum absolute atomic E-state index is 0.277. The van der Waals surface area contributed by atoms with Gasteiger partial charge in [0.2, 0.25) is 0 Å². The second kappa shape index (κ2) is 4.36. The standard InChI is InChI=1S/C10H7Cl2NO/c1-6(5-13)7-3-4-8(14-2)10(12)9(7)11/h3-4H,1H2,2H3. The van der Waals surface area contributed by atoms with E-state index in [9.17, 15) is 0 Å². The van der Waals surface area contributed by atoms with Gasteiger partial charge in [-0.3, -0.25) is 0 Å². The van der Waals surface area contributed by atoms with Crippen molar-refractivity contribution in [3.05, 3.63) is 34.3 Å². The average Bonchev–Trinajstić information content (AvgIpc) is 2.21. The van der Waals surface area contributed by atoms with E-state index < -0.39 is 0 Å². The first kappa shape index (κ1) is 10.9. The zero-order chi connectivity index (χ0) is 10.7. The zero-order valence-corrected chi connectivity index (χ0v) is 8.99. The minimum atomic E-state index is 0.277. The van der Waals surface area contributed by atoms with Crippen molar-refractivity contribution in [2.24, 2.45) is 0 Å². The number of benzene rings is 1. The highest BCUT2D eigenvalue weighted by Crippen LogP contribution is 2.36. The van der Waals surface area contributed by atoms with E-state index in [-0.39, 0.29) is 10.6 Å². The summed E-state index contributed by atoms with van der Waals surface area (Å²) in [5.74, 6) is 0.478. The van der Waals surface area contributed by atoms with Crippen LogP contribution in [-0.4, -0.2) is 7.11 Å². The van der Waals surface area contributed by atoms with E-state index in [1.54, 1.807) is 12.1 Å². The Balaban J connectivity index is 3.32. The summed E-state index contributed by atoms with van der Waals surface area (Å²) in [6, 6.07) is 5.20. The van der Waals surface area contributed by atoms with Crippen LogP contribution in [0.2, 0.25) is 10.0 Å². The summed E-state index contributed by atoms with van der Waals surface area (Å²) in [5, 5.41) is 9.23. The van der Waals surface area contributed by atoms with E-state index in [1.807, 2.05) is 6.07 Å². The van der Waals surface area contributed by atoms with Crippen LogP contribution < -0.4 is 4.74 Å². The Hall–Kier alpha value is -1.17. The number of allylic oxidation sites excluding steroid dienone is 1. The molecule has 4 heteroatoms. The van der Waals surface area contributed by atoms with Gasteiger partial charge in [-0.05, 0) is 12.1 Å². The van der Waals surface area contributed by atoms with Crippen LogP contribution in [0.15, 0.2) is 18.7 Å². The van der Waals surface area contributed by atoms with Gasteiger partial charge in [-0.15, -0.1) is 0 Å². The Morgan fingerprint density at radius 2 is 2.07 bits per heavy atom. The molecule has 0 aliphatic rings. The molecule has 0 saturated heterocycles. The van der Waals surface area contributed by atoms with E-state index in [0.29, 0.717) is 16.3 Å². The second-order valence-electron chi connectivity index (χ2n) is 2.53. The highest BCUT2D eigenvalue weighted by molar-refractivity contribution is 6.44. The Morgan fingerprint density at radius 3 is 2.57 bits per heavy atom. The Morgan fingerprint density at radius 1 is 1.43 bits per heavy atom. The van der Waals surface area contributed by atoms with Gasteiger partial charge in [0.05, 0.1) is 23.8 Å². The maximum absolute atomic E-state index is 8.65. The predicted molar refractivity (Wildman–Crippen MR) is 57.7 cm³/mol. The Kier molecular flexibility index (Phi) is 3.40. The highest BCUT2D eigenvalue weighted by Gasteiger charge is 2.11. The smallest absolute Gasteiger partial charge is 0.139 e. The molecule has 0 amide bonds. The molecule has 0 heterocycles. The number of halogens is 2. The van der Waals surface area contributed by atoms with Crippen LogP contribution in [0.1, 0.15) is 5.56 Å². The summed E-state index contributed by atoms with van der Waals surface area (Å²) < 4.78 is 4.97. The molecular formula is C10H7Cl2NO. The number of nitrogens with zero attached hydrogens (tertiary/aromatic N) is 1. The van der Waals surface area contributed by atoms with E-state index in [1.165, 1.54) is 7.11 Å². The first-order valence-electron chi connectivity index (χ1n) is 3.73. The molecule has 1 rings (SSSR count). The first-order chi connectivity index (χ1) is 6.61. The molecule has 1 aromatic carbocycles. The quantitative estimate of drug-likeness (QED) is 0.725. The molecule has 0 aliphatic heterocycles. The summed E-state index contributed by atoms with van der Waals surface area (Å²) >= 11 is 11.8. The van der Waals surface area contributed by atoms with Crippen LogP contribution in [0, 0.1) is 11.3 Å². The van der Waals surface area contributed by atoms with E-state index >= 15 is 0 Å². The van der Waals surface area contributed by atoms with E-state index in [4.69, 9.17) is 33.2 Å². The lowest BCUT2D eigenvalue weighted by Gasteiger charge is -2.07. The SMILES string of the molecule is C=C(C#N)c1ccc(OC)c(Cl)c1Cl. The number of hydrogen-bond donors (Lipinski definition) is 0. The third-order valence-electron chi connectivity index (χ3n) is 1.73. The lowest BCUT2D eigenvalue weighted by atomic mass is 10.1. The van der Waals surface area contributed by atoms with E-state index in [2.05, 4.69) is 6.58 Å². The normalized spacial score (nSPS) is 9.29. The number of ether oxygens (including phenoxy) is 1. The third kappa shape index (κ3) is 1.84. The van der Waals surface area contributed by atoms with Crippen molar-refractivity contribution in [3.63, 3.8) is 0 Å². The number of hydrogen-bond acceptors (Lipinski definition) is 2. The Labute approximate surface area is 92.3 Å². The summed E-state index contributed by atoms with van der Waals surface area (Å²) in [6.07, 6.45) is 0. The van der Waals surface area contributed by atoms with Crippen molar-refractivity contribution in [1.29, 1.82) is 5.26 Å². The van der Waals surface area contributed by atoms with Crippen molar-refractivity contribution < 1.29 is 4.74 Å². The highest BCUT2D eigenvalue weighted by atomic mass is 35.5. The van der Waals surface area contributed by atoms with Crippen LogP contribution >= 0.6 is 23.2 Å². The van der Waals surface area contributed by atoms with Crippen molar-refractivity contribution >= 4 is 28.8 Å². The van der Waals surface area contributed by atoms with Crippen LogP contribution in [0.25, 0.3) is 5.57 Å². The topological polar surface area (TPSA) is 33.0 Å². The van der Waals surface area contributed by atoms with Gasteiger partial charge >= 0.3 is 0 Å². The van der Waals surface area contributed by atoms with Crippen molar-refractivity contribution in [2.75, 3.05) is 7.11 Å². The fourth-order valence-electron chi connectivity index (χ4n) is 0.983.